The van der Waals surface area contributed by atoms with Gasteiger partial charge in [-0.1, -0.05) is 0 Å². The van der Waals surface area contributed by atoms with Crippen LogP contribution in [0.1, 0.15) is 20.8 Å². The number of hydrogen-bond donors (Lipinski definition) is 1. The molecule has 0 unspecified atom stereocenters. The summed E-state index contributed by atoms with van der Waals surface area (Å²) in [6.07, 6.45) is 3.48. The van der Waals surface area contributed by atoms with Crippen molar-refractivity contribution < 1.29 is 4.74 Å². The molecule has 13 heavy (non-hydrogen) atoms. The van der Waals surface area contributed by atoms with E-state index in [9.17, 15) is 0 Å². The van der Waals surface area contributed by atoms with Crippen LogP contribution >= 0.6 is 0 Å². The van der Waals surface area contributed by atoms with E-state index in [1.807, 2.05) is 6.07 Å². The van der Waals surface area contributed by atoms with Crippen LogP contribution in [-0.2, 0) is 0 Å². The topological polar surface area (TPSA) is 34.1 Å². The molecular formula is C10H16N2O. The Balaban J connectivity index is 2.87. The standard InChI is InChI=1S/C10H16N2O/c1-10(2,3)12-8-7-11-6-5-9(8)13-4/h5-7,12H,1-4H3. The van der Waals surface area contributed by atoms with Crippen molar-refractivity contribution in [3.05, 3.63) is 18.5 Å². The monoisotopic (exact) mass is 180 g/mol. The number of methoxy groups -OCH3 is 1. The van der Waals surface area contributed by atoms with E-state index < -0.39 is 0 Å². The highest BCUT2D eigenvalue weighted by Gasteiger charge is 2.11. The van der Waals surface area contributed by atoms with Crippen LogP contribution in [0.15, 0.2) is 18.5 Å². The second-order valence-corrected chi connectivity index (χ2v) is 3.95. The van der Waals surface area contributed by atoms with Crippen LogP contribution in [-0.4, -0.2) is 17.6 Å². The molecule has 0 saturated carbocycles. The summed E-state index contributed by atoms with van der Waals surface area (Å²) in [5.41, 5.74) is 0.952. The van der Waals surface area contributed by atoms with Crippen LogP contribution in [0.5, 0.6) is 5.75 Å². The first-order chi connectivity index (χ1) is 6.03. The van der Waals surface area contributed by atoms with Gasteiger partial charge in [-0.05, 0) is 20.8 Å². The number of pyridine rings is 1. The summed E-state index contributed by atoms with van der Waals surface area (Å²) in [5.74, 6) is 0.824. The van der Waals surface area contributed by atoms with Crippen molar-refractivity contribution in [1.29, 1.82) is 0 Å². The molecule has 0 aliphatic heterocycles. The molecule has 0 radical (unpaired) electrons. The van der Waals surface area contributed by atoms with E-state index in [4.69, 9.17) is 4.74 Å². The summed E-state index contributed by atoms with van der Waals surface area (Å²) in [7, 11) is 1.66. The van der Waals surface area contributed by atoms with Crippen LogP contribution in [0.2, 0.25) is 0 Å². The Morgan fingerprint density at radius 1 is 1.38 bits per heavy atom. The second kappa shape index (κ2) is 3.64. The summed E-state index contributed by atoms with van der Waals surface area (Å²) in [4.78, 5) is 4.03. The normalized spacial score (nSPS) is 11.1. The fourth-order valence-corrected chi connectivity index (χ4v) is 1.06. The minimum absolute atomic E-state index is 0.0241. The molecule has 0 atom stereocenters. The predicted octanol–water partition coefficient (Wildman–Crippen LogP) is 2.30. The Morgan fingerprint density at radius 2 is 2.08 bits per heavy atom. The SMILES string of the molecule is COc1ccncc1NC(C)(C)C. The fourth-order valence-electron chi connectivity index (χ4n) is 1.06. The Labute approximate surface area is 79.1 Å². The molecule has 0 aromatic carbocycles. The molecule has 0 aliphatic rings. The Morgan fingerprint density at radius 3 is 2.62 bits per heavy atom. The lowest BCUT2D eigenvalue weighted by molar-refractivity contribution is 0.414. The predicted molar refractivity (Wildman–Crippen MR) is 54.2 cm³/mol. The highest BCUT2D eigenvalue weighted by atomic mass is 16.5. The zero-order valence-electron chi connectivity index (χ0n) is 8.59. The average molecular weight is 180 g/mol. The van der Waals surface area contributed by atoms with Gasteiger partial charge in [0.2, 0.25) is 0 Å². The number of nitrogens with zero attached hydrogens (tertiary/aromatic N) is 1. The molecule has 72 valence electrons. The molecule has 1 aromatic heterocycles. The maximum Gasteiger partial charge on any atom is 0.145 e. The molecule has 1 heterocycles. The number of nitrogens with one attached hydrogen (secondary N) is 1. The van der Waals surface area contributed by atoms with Gasteiger partial charge < -0.3 is 10.1 Å². The third kappa shape index (κ3) is 2.93. The third-order valence-corrected chi connectivity index (χ3v) is 1.51. The van der Waals surface area contributed by atoms with Crippen molar-refractivity contribution in [3.8, 4) is 5.75 Å². The molecule has 1 N–H and O–H groups in total. The highest BCUT2D eigenvalue weighted by Crippen LogP contribution is 2.24. The molecule has 0 amide bonds. The van der Waals surface area contributed by atoms with Crippen molar-refractivity contribution >= 4 is 5.69 Å². The van der Waals surface area contributed by atoms with Gasteiger partial charge in [0.25, 0.3) is 0 Å². The van der Waals surface area contributed by atoms with Crippen molar-refractivity contribution in [2.45, 2.75) is 26.3 Å². The van der Waals surface area contributed by atoms with Crippen LogP contribution < -0.4 is 10.1 Å². The van der Waals surface area contributed by atoms with Gasteiger partial charge in [-0.2, -0.15) is 0 Å². The van der Waals surface area contributed by atoms with E-state index in [2.05, 4.69) is 31.1 Å². The van der Waals surface area contributed by atoms with Gasteiger partial charge in [-0.3, -0.25) is 4.98 Å². The second-order valence-electron chi connectivity index (χ2n) is 3.95. The van der Waals surface area contributed by atoms with Crippen LogP contribution in [0.25, 0.3) is 0 Å². The lowest BCUT2D eigenvalue weighted by atomic mass is 10.1. The van der Waals surface area contributed by atoms with Crippen LogP contribution in [0.4, 0.5) is 5.69 Å². The zero-order valence-corrected chi connectivity index (χ0v) is 8.59. The fraction of sp³-hybridized carbons (Fsp3) is 0.500. The lowest BCUT2D eigenvalue weighted by Gasteiger charge is -2.23. The largest absolute Gasteiger partial charge is 0.494 e. The average Bonchev–Trinajstić information content (AvgIpc) is 2.02. The molecule has 3 nitrogen and oxygen atoms in total. The minimum Gasteiger partial charge on any atom is -0.494 e. The summed E-state index contributed by atoms with van der Waals surface area (Å²) >= 11 is 0. The van der Waals surface area contributed by atoms with Gasteiger partial charge in [-0.25, -0.2) is 0 Å². The Kier molecular flexibility index (Phi) is 2.76. The molecule has 0 aliphatic carbocycles. The molecule has 3 heteroatoms. The first-order valence-corrected chi connectivity index (χ1v) is 4.29. The quantitative estimate of drug-likeness (QED) is 0.758. The third-order valence-electron chi connectivity index (χ3n) is 1.51. The summed E-state index contributed by atoms with van der Waals surface area (Å²) in [6, 6.07) is 1.84. The first-order valence-electron chi connectivity index (χ1n) is 4.29. The summed E-state index contributed by atoms with van der Waals surface area (Å²) in [6.45, 7) is 6.29. The molecule has 0 fully saturated rings. The maximum atomic E-state index is 5.19. The molecule has 1 aromatic rings. The number of rotatable bonds is 2. The van der Waals surface area contributed by atoms with Gasteiger partial charge in [0.05, 0.1) is 19.0 Å². The smallest absolute Gasteiger partial charge is 0.145 e. The molecular weight excluding hydrogens is 164 g/mol. The van der Waals surface area contributed by atoms with E-state index >= 15 is 0 Å². The zero-order chi connectivity index (χ0) is 9.90. The molecule has 0 spiro atoms. The van der Waals surface area contributed by atoms with Gasteiger partial charge in [0, 0.05) is 17.8 Å². The van der Waals surface area contributed by atoms with Gasteiger partial charge in [0.15, 0.2) is 0 Å². The number of ether oxygens (including phenoxy) is 1. The first kappa shape index (κ1) is 9.84. The van der Waals surface area contributed by atoms with E-state index in [1.165, 1.54) is 0 Å². The summed E-state index contributed by atoms with van der Waals surface area (Å²) < 4.78 is 5.19. The van der Waals surface area contributed by atoms with Crippen molar-refractivity contribution in [2.75, 3.05) is 12.4 Å². The van der Waals surface area contributed by atoms with E-state index in [0.29, 0.717) is 0 Å². The summed E-state index contributed by atoms with van der Waals surface area (Å²) in [5, 5.41) is 3.31. The number of anilines is 1. The van der Waals surface area contributed by atoms with Crippen LogP contribution in [0, 0.1) is 0 Å². The lowest BCUT2D eigenvalue weighted by Crippen LogP contribution is -2.26. The van der Waals surface area contributed by atoms with Crippen molar-refractivity contribution in [2.24, 2.45) is 0 Å². The van der Waals surface area contributed by atoms with Gasteiger partial charge in [0.1, 0.15) is 5.75 Å². The van der Waals surface area contributed by atoms with Crippen LogP contribution in [0.3, 0.4) is 0 Å². The van der Waals surface area contributed by atoms with Gasteiger partial charge >= 0.3 is 0 Å². The Hall–Kier alpha value is -1.25. The Bertz CT molecular complexity index is 278. The van der Waals surface area contributed by atoms with Crippen molar-refractivity contribution in [1.82, 2.24) is 4.98 Å². The maximum absolute atomic E-state index is 5.19. The van der Waals surface area contributed by atoms with Crippen molar-refractivity contribution in [3.63, 3.8) is 0 Å². The molecule has 1 rings (SSSR count). The highest BCUT2D eigenvalue weighted by molar-refractivity contribution is 5.55. The molecule has 0 saturated heterocycles. The minimum atomic E-state index is 0.0241. The van der Waals surface area contributed by atoms with E-state index in [1.54, 1.807) is 19.5 Å². The van der Waals surface area contributed by atoms with E-state index in [-0.39, 0.29) is 5.54 Å². The number of hydrogen-bond acceptors (Lipinski definition) is 3. The number of aromatic nitrogens is 1. The molecule has 0 bridgehead atoms. The van der Waals surface area contributed by atoms with Gasteiger partial charge in [-0.15, -0.1) is 0 Å². The van der Waals surface area contributed by atoms with E-state index in [0.717, 1.165) is 11.4 Å².